The predicted octanol–water partition coefficient (Wildman–Crippen LogP) is 3.58. The summed E-state index contributed by atoms with van der Waals surface area (Å²) in [4.78, 5) is 13.5. The van der Waals surface area contributed by atoms with E-state index in [1.165, 1.54) is 0 Å². The molecule has 98 valence electrons. The average Bonchev–Trinajstić information content (AvgIpc) is 3.02. The van der Waals surface area contributed by atoms with E-state index < -0.39 is 0 Å². The zero-order valence-electron chi connectivity index (χ0n) is 11.1. The summed E-state index contributed by atoms with van der Waals surface area (Å²) in [5, 5.41) is 4.49. The summed E-state index contributed by atoms with van der Waals surface area (Å²) in [5.74, 6) is 0. The van der Waals surface area contributed by atoms with Gasteiger partial charge in [0.15, 0.2) is 0 Å². The van der Waals surface area contributed by atoms with Gasteiger partial charge in [-0.05, 0) is 23.6 Å². The second-order valence-corrected chi connectivity index (χ2v) is 5.13. The van der Waals surface area contributed by atoms with Crippen LogP contribution in [0.1, 0.15) is 0 Å². The minimum Gasteiger partial charge on any atom is -0.290 e. The van der Waals surface area contributed by atoms with Crippen LogP contribution in [0, 0.1) is 0 Å². The third-order valence-electron chi connectivity index (χ3n) is 3.94. The van der Waals surface area contributed by atoms with E-state index in [9.17, 15) is 0 Å². The minimum absolute atomic E-state index is 0.933. The zero-order chi connectivity index (χ0) is 13.8. The zero-order valence-corrected chi connectivity index (χ0v) is 11.1. The Morgan fingerprint density at radius 2 is 1.76 bits per heavy atom. The molecule has 0 saturated heterocycles. The molecule has 0 aliphatic heterocycles. The van der Waals surface area contributed by atoms with Gasteiger partial charge < -0.3 is 0 Å². The number of hydrogen-bond donors (Lipinski definition) is 0. The van der Waals surface area contributed by atoms with Crippen molar-refractivity contribution in [1.29, 1.82) is 0 Å². The Morgan fingerprint density at radius 1 is 0.810 bits per heavy atom. The van der Waals surface area contributed by atoms with Crippen molar-refractivity contribution in [2.24, 2.45) is 0 Å². The van der Waals surface area contributed by atoms with Crippen molar-refractivity contribution in [3.05, 3.63) is 61.3 Å². The van der Waals surface area contributed by atoms with E-state index in [1.54, 1.807) is 12.5 Å². The number of imidazole rings is 1. The summed E-state index contributed by atoms with van der Waals surface area (Å²) < 4.78 is 1.94. The van der Waals surface area contributed by atoms with E-state index in [4.69, 9.17) is 0 Å². The fourth-order valence-electron chi connectivity index (χ4n) is 2.93. The minimum atomic E-state index is 0.933. The van der Waals surface area contributed by atoms with Crippen molar-refractivity contribution >= 4 is 38.2 Å². The SMILES string of the molecule is c1cnc2c(c1)ccc1cc3c(cc12)ncn1ccnc31. The molecule has 0 unspecified atom stereocenters. The molecular weight excluding hydrogens is 260 g/mol. The third-order valence-corrected chi connectivity index (χ3v) is 3.94. The summed E-state index contributed by atoms with van der Waals surface area (Å²) in [5.41, 5.74) is 2.89. The first-order chi connectivity index (χ1) is 10.4. The highest BCUT2D eigenvalue weighted by Gasteiger charge is 2.07. The molecule has 3 aromatic heterocycles. The predicted molar refractivity (Wildman–Crippen MR) is 83.3 cm³/mol. The van der Waals surface area contributed by atoms with Crippen LogP contribution < -0.4 is 0 Å². The fourth-order valence-corrected chi connectivity index (χ4v) is 2.93. The van der Waals surface area contributed by atoms with Crippen molar-refractivity contribution in [3.8, 4) is 0 Å². The van der Waals surface area contributed by atoms with E-state index in [2.05, 4.69) is 45.3 Å². The highest BCUT2D eigenvalue weighted by molar-refractivity contribution is 6.11. The van der Waals surface area contributed by atoms with Gasteiger partial charge in [0.25, 0.3) is 0 Å². The van der Waals surface area contributed by atoms with Crippen molar-refractivity contribution in [3.63, 3.8) is 0 Å². The van der Waals surface area contributed by atoms with Gasteiger partial charge in [0.1, 0.15) is 12.0 Å². The third kappa shape index (κ3) is 1.41. The molecule has 0 amide bonds. The Hall–Kier alpha value is -3.01. The molecule has 0 fully saturated rings. The van der Waals surface area contributed by atoms with E-state index in [-0.39, 0.29) is 0 Å². The first-order valence-electron chi connectivity index (χ1n) is 6.79. The van der Waals surface area contributed by atoms with E-state index in [0.29, 0.717) is 0 Å². The Bertz CT molecular complexity index is 1140. The molecule has 0 radical (unpaired) electrons. The Morgan fingerprint density at radius 3 is 2.76 bits per heavy atom. The van der Waals surface area contributed by atoms with Crippen molar-refractivity contribution in [2.75, 3.05) is 0 Å². The van der Waals surface area contributed by atoms with Gasteiger partial charge >= 0.3 is 0 Å². The largest absolute Gasteiger partial charge is 0.290 e. The van der Waals surface area contributed by atoms with Crippen LogP contribution in [0.2, 0.25) is 0 Å². The molecule has 0 N–H and O–H groups in total. The Kier molecular flexibility index (Phi) is 1.92. The van der Waals surface area contributed by atoms with Crippen LogP contribution in [0.4, 0.5) is 0 Å². The van der Waals surface area contributed by atoms with Crippen LogP contribution in [0.5, 0.6) is 0 Å². The van der Waals surface area contributed by atoms with Gasteiger partial charge in [0.2, 0.25) is 0 Å². The number of rotatable bonds is 0. The molecule has 0 atom stereocenters. The van der Waals surface area contributed by atoms with Crippen LogP contribution in [-0.4, -0.2) is 19.4 Å². The van der Waals surface area contributed by atoms with Gasteiger partial charge in [0.05, 0.1) is 11.0 Å². The Labute approximate surface area is 119 Å². The molecule has 5 rings (SSSR count). The molecule has 0 aliphatic carbocycles. The normalized spacial score (nSPS) is 11.8. The highest BCUT2D eigenvalue weighted by Crippen LogP contribution is 2.28. The molecular formula is C17H10N4. The van der Waals surface area contributed by atoms with Gasteiger partial charge in [-0.1, -0.05) is 18.2 Å². The van der Waals surface area contributed by atoms with Crippen molar-refractivity contribution < 1.29 is 0 Å². The number of benzene rings is 2. The number of hydrogen-bond acceptors (Lipinski definition) is 3. The quantitative estimate of drug-likeness (QED) is 0.319. The maximum atomic E-state index is 4.53. The molecule has 0 saturated carbocycles. The molecule has 2 aromatic carbocycles. The molecule has 5 aromatic rings. The van der Waals surface area contributed by atoms with E-state index >= 15 is 0 Å². The lowest BCUT2D eigenvalue weighted by atomic mass is 10.0. The van der Waals surface area contributed by atoms with Crippen LogP contribution in [0.3, 0.4) is 0 Å². The van der Waals surface area contributed by atoms with Gasteiger partial charge in [-0.15, -0.1) is 0 Å². The van der Waals surface area contributed by atoms with Crippen LogP contribution >= 0.6 is 0 Å². The molecule has 0 aliphatic rings. The van der Waals surface area contributed by atoms with Crippen molar-refractivity contribution in [2.45, 2.75) is 0 Å². The summed E-state index contributed by atoms with van der Waals surface area (Å²) in [6, 6.07) is 12.5. The lowest BCUT2D eigenvalue weighted by Crippen LogP contribution is -1.90. The molecule has 0 bridgehead atoms. The highest BCUT2D eigenvalue weighted by atomic mass is 15.0. The standard InChI is InChI=1S/C17H10N4/c1-2-11-3-4-12-8-14-15(9-13(12)16(11)18-5-1)20-10-21-7-6-19-17(14)21/h1-10H. The van der Waals surface area contributed by atoms with Gasteiger partial charge in [-0.25, -0.2) is 9.97 Å². The smallest absolute Gasteiger partial charge is 0.147 e. The molecule has 0 spiro atoms. The van der Waals surface area contributed by atoms with E-state index in [0.717, 1.165) is 38.2 Å². The van der Waals surface area contributed by atoms with Crippen LogP contribution in [-0.2, 0) is 0 Å². The lowest BCUT2D eigenvalue weighted by Gasteiger charge is -2.06. The average molecular weight is 270 g/mol. The summed E-state index contributed by atoms with van der Waals surface area (Å²) >= 11 is 0. The molecule has 21 heavy (non-hydrogen) atoms. The first-order valence-corrected chi connectivity index (χ1v) is 6.79. The number of nitrogens with zero attached hydrogens (tertiary/aromatic N) is 4. The summed E-state index contributed by atoms with van der Waals surface area (Å²) in [6.07, 6.45) is 7.34. The fraction of sp³-hybridized carbons (Fsp3) is 0. The van der Waals surface area contributed by atoms with Gasteiger partial charge in [0, 0.05) is 34.7 Å². The van der Waals surface area contributed by atoms with E-state index in [1.807, 2.05) is 22.9 Å². The van der Waals surface area contributed by atoms with Crippen LogP contribution in [0.25, 0.3) is 38.2 Å². The second kappa shape index (κ2) is 3.76. The monoisotopic (exact) mass is 270 g/mol. The number of aromatic nitrogens is 4. The summed E-state index contributed by atoms with van der Waals surface area (Å²) in [7, 11) is 0. The number of pyridine rings is 1. The maximum Gasteiger partial charge on any atom is 0.147 e. The van der Waals surface area contributed by atoms with Crippen molar-refractivity contribution in [1.82, 2.24) is 19.4 Å². The molecule has 4 heteroatoms. The second-order valence-electron chi connectivity index (χ2n) is 5.13. The van der Waals surface area contributed by atoms with Crippen LogP contribution in [0.15, 0.2) is 61.3 Å². The summed E-state index contributed by atoms with van der Waals surface area (Å²) in [6.45, 7) is 0. The topological polar surface area (TPSA) is 43.1 Å². The molecule has 3 heterocycles. The van der Waals surface area contributed by atoms with Gasteiger partial charge in [-0.3, -0.25) is 9.38 Å². The molecule has 4 nitrogen and oxygen atoms in total. The van der Waals surface area contributed by atoms with Gasteiger partial charge in [-0.2, -0.15) is 0 Å². The maximum absolute atomic E-state index is 4.53. The Balaban J connectivity index is 2.04. The first kappa shape index (κ1) is 10.7. The number of fused-ring (bicyclic) bond motifs is 6. The lowest BCUT2D eigenvalue weighted by molar-refractivity contribution is 1.12.